The van der Waals surface area contributed by atoms with Crippen LogP contribution >= 0.6 is 27.7 Å². The lowest BCUT2D eigenvalue weighted by molar-refractivity contribution is 1.23. The van der Waals surface area contributed by atoms with E-state index in [0.29, 0.717) is 0 Å². The molecule has 0 radical (unpaired) electrons. The fourth-order valence-electron chi connectivity index (χ4n) is 1.81. The van der Waals surface area contributed by atoms with Gasteiger partial charge in [0.1, 0.15) is 5.04 Å². The standard InChI is InChI=1S/C15H11BrN2S/c16-13-8-6-11(7-9-13)14-10-19-15(18-17-14)12-4-2-1-3-5-12/h1-9H,10H2. The van der Waals surface area contributed by atoms with Gasteiger partial charge < -0.3 is 0 Å². The largest absolute Gasteiger partial charge is 0.153 e. The van der Waals surface area contributed by atoms with Gasteiger partial charge in [-0.05, 0) is 17.7 Å². The molecule has 0 amide bonds. The summed E-state index contributed by atoms with van der Waals surface area (Å²) < 4.78 is 1.08. The summed E-state index contributed by atoms with van der Waals surface area (Å²) in [4.78, 5) is 0. The second-order valence-electron chi connectivity index (χ2n) is 4.11. The smallest absolute Gasteiger partial charge is 0.126 e. The Bertz CT molecular complexity index is 633. The molecule has 0 atom stereocenters. The predicted molar refractivity (Wildman–Crippen MR) is 86.1 cm³/mol. The number of rotatable bonds is 2. The molecular formula is C15H11BrN2S. The average molecular weight is 331 g/mol. The summed E-state index contributed by atoms with van der Waals surface area (Å²) in [6.45, 7) is 0. The first kappa shape index (κ1) is 12.6. The van der Waals surface area contributed by atoms with Gasteiger partial charge in [-0.2, -0.15) is 5.10 Å². The molecule has 2 nitrogen and oxygen atoms in total. The Morgan fingerprint density at radius 2 is 1.58 bits per heavy atom. The summed E-state index contributed by atoms with van der Waals surface area (Å²) in [7, 11) is 0. The Morgan fingerprint density at radius 3 is 2.21 bits per heavy atom. The Morgan fingerprint density at radius 1 is 0.842 bits per heavy atom. The van der Waals surface area contributed by atoms with Gasteiger partial charge in [-0.25, -0.2) is 0 Å². The zero-order chi connectivity index (χ0) is 13.1. The molecule has 19 heavy (non-hydrogen) atoms. The molecule has 0 fully saturated rings. The van der Waals surface area contributed by atoms with Crippen molar-refractivity contribution >= 4 is 38.4 Å². The van der Waals surface area contributed by atoms with Crippen molar-refractivity contribution in [3.63, 3.8) is 0 Å². The van der Waals surface area contributed by atoms with Crippen LogP contribution in [-0.4, -0.2) is 16.5 Å². The highest BCUT2D eigenvalue weighted by atomic mass is 79.9. The molecule has 0 spiro atoms. The minimum Gasteiger partial charge on any atom is -0.153 e. The van der Waals surface area contributed by atoms with Gasteiger partial charge in [0.15, 0.2) is 0 Å². The first-order valence-electron chi connectivity index (χ1n) is 5.91. The van der Waals surface area contributed by atoms with E-state index in [1.807, 2.05) is 30.3 Å². The van der Waals surface area contributed by atoms with Crippen molar-refractivity contribution in [2.75, 3.05) is 5.75 Å². The van der Waals surface area contributed by atoms with Crippen LogP contribution in [0, 0.1) is 0 Å². The second-order valence-corrected chi connectivity index (χ2v) is 5.99. The van der Waals surface area contributed by atoms with Crippen LogP contribution in [0.4, 0.5) is 0 Å². The lowest BCUT2D eigenvalue weighted by Crippen LogP contribution is -2.11. The van der Waals surface area contributed by atoms with Crippen LogP contribution in [0.25, 0.3) is 0 Å². The average Bonchev–Trinajstić information content (AvgIpc) is 2.49. The van der Waals surface area contributed by atoms with Crippen LogP contribution < -0.4 is 0 Å². The number of hydrogen-bond acceptors (Lipinski definition) is 3. The van der Waals surface area contributed by atoms with Crippen molar-refractivity contribution in [1.29, 1.82) is 0 Å². The third-order valence-corrected chi connectivity index (χ3v) is 4.34. The Labute approximate surface area is 124 Å². The SMILES string of the molecule is Brc1ccc(C2=NN=C(c3ccccc3)SC2)cc1. The molecule has 94 valence electrons. The monoisotopic (exact) mass is 330 g/mol. The van der Waals surface area contributed by atoms with Crippen LogP contribution in [0.2, 0.25) is 0 Å². The van der Waals surface area contributed by atoms with Gasteiger partial charge in [-0.1, -0.05) is 70.2 Å². The van der Waals surface area contributed by atoms with E-state index in [2.05, 4.69) is 50.4 Å². The first-order chi connectivity index (χ1) is 9.33. The maximum Gasteiger partial charge on any atom is 0.126 e. The molecule has 0 aromatic heterocycles. The zero-order valence-corrected chi connectivity index (χ0v) is 12.5. The lowest BCUT2D eigenvalue weighted by Gasteiger charge is -2.12. The maximum absolute atomic E-state index is 4.36. The molecule has 2 aromatic carbocycles. The summed E-state index contributed by atoms with van der Waals surface area (Å²) in [5, 5.41) is 9.68. The highest BCUT2D eigenvalue weighted by molar-refractivity contribution is 9.10. The highest BCUT2D eigenvalue weighted by Gasteiger charge is 2.13. The molecule has 0 saturated carbocycles. The van der Waals surface area contributed by atoms with E-state index >= 15 is 0 Å². The van der Waals surface area contributed by atoms with Crippen molar-refractivity contribution in [3.05, 3.63) is 70.2 Å². The topological polar surface area (TPSA) is 24.7 Å². The molecule has 1 heterocycles. The van der Waals surface area contributed by atoms with Crippen LogP contribution in [0.15, 0.2) is 69.3 Å². The third kappa shape index (κ3) is 2.96. The normalized spacial score (nSPS) is 14.8. The van der Waals surface area contributed by atoms with E-state index in [-0.39, 0.29) is 0 Å². The van der Waals surface area contributed by atoms with E-state index in [1.54, 1.807) is 11.8 Å². The number of nitrogens with zero attached hydrogens (tertiary/aromatic N) is 2. The van der Waals surface area contributed by atoms with Gasteiger partial charge in [-0.15, -0.1) is 5.10 Å². The second kappa shape index (κ2) is 5.72. The van der Waals surface area contributed by atoms with Gasteiger partial charge in [-0.3, -0.25) is 0 Å². The summed E-state index contributed by atoms with van der Waals surface area (Å²) in [5.41, 5.74) is 3.29. The van der Waals surface area contributed by atoms with Crippen molar-refractivity contribution in [1.82, 2.24) is 0 Å². The van der Waals surface area contributed by atoms with Crippen molar-refractivity contribution in [3.8, 4) is 0 Å². The van der Waals surface area contributed by atoms with E-state index in [9.17, 15) is 0 Å². The molecule has 0 unspecified atom stereocenters. The van der Waals surface area contributed by atoms with Gasteiger partial charge in [0.2, 0.25) is 0 Å². The molecule has 0 aliphatic carbocycles. The lowest BCUT2D eigenvalue weighted by atomic mass is 10.1. The molecule has 0 N–H and O–H groups in total. The minimum atomic E-state index is 0.857. The molecule has 1 aliphatic heterocycles. The quantitative estimate of drug-likeness (QED) is 0.803. The van der Waals surface area contributed by atoms with Gasteiger partial charge in [0.25, 0.3) is 0 Å². The molecule has 3 rings (SSSR count). The molecule has 1 aliphatic rings. The Hall–Kier alpha value is -1.39. The van der Waals surface area contributed by atoms with Crippen LogP contribution in [0.3, 0.4) is 0 Å². The summed E-state index contributed by atoms with van der Waals surface area (Å²) in [6.07, 6.45) is 0. The fourth-order valence-corrected chi connectivity index (χ4v) is 2.97. The summed E-state index contributed by atoms with van der Waals surface area (Å²) >= 11 is 5.17. The number of hydrogen-bond donors (Lipinski definition) is 0. The summed E-state index contributed by atoms with van der Waals surface area (Å²) in [6, 6.07) is 18.3. The predicted octanol–water partition coefficient (Wildman–Crippen LogP) is 4.35. The molecule has 2 aromatic rings. The Balaban J connectivity index is 1.86. The van der Waals surface area contributed by atoms with E-state index in [1.165, 1.54) is 0 Å². The number of thioether (sulfide) groups is 1. The third-order valence-electron chi connectivity index (χ3n) is 2.81. The van der Waals surface area contributed by atoms with Crippen LogP contribution in [-0.2, 0) is 0 Å². The van der Waals surface area contributed by atoms with E-state index < -0.39 is 0 Å². The highest BCUT2D eigenvalue weighted by Crippen LogP contribution is 2.21. The zero-order valence-electron chi connectivity index (χ0n) is 10.1. The van der Waals surface area contributed by atoms with Crippen LogP contribution in [0.1, 0.15) is 11.1 Å². The van der Waals surface area contributed by atoms with Crippen molar-refractivity contribution in [2.24, 2.45) is 10.2 Å². The first-order valence-corrected chi connectivity index (χ1v) is 7.69. The van der Waals surface area contributed by atoms with Gasteiger partial charge in [0.05, 0.1) is 5.71 Å². The van der Waals surface area contributed by atoms with Crippen molar-refractivity contribution in [2.45, 2.75) is 0 Å². The van der Waals surface area contributed by atoms with Crippen molar-refractivity contribution < 1.29 is 0 Å². The Kier molecular flexibility index (Phi) is 3.80. The van der Waals surface area contributed by atoms with E-state index in [0.717, 1.165) is 32.1 Å². The van der Waals surface area contributed by atoms with Gasteiger partial charge >= 0.3 is 0 Å². The maximum atomic E-state index is 4.36. The van der Waals surface area contributed by atoms with E-state index in [4.69, 9.17) is 0 Å². The van der Waals surface area contributed by atoms with Crippen LogP contribution in [0.5, 0.6) is 0 Å². The molecule has 0 bridgehead atoms. The molecule has 0 saturated heterocycles. The summed E-state index contributed by atoms with van der Waals surface area (Å²) in [5.74, 6) is 0.857. The molecular weight excluding hydrogens is 320 g/mol. The van der Waals surface area contributed by atoms with Gasteiger partial charge in [0, 0.05) is 15.8 Å². The number of halogens is 1. The molecule has 4 heteroatoms. The minimum absolute atomic E-state index is 0.857. The number of benzene rings is 2. The fraction of sp³-hybridized carbons (Fsp3) is 0.0667.